The predicted octanol–water partition coefficient (Wildman–Crippen LogP) is 3.20. The smallest absolute Gasteiger partial charge is 0.289 e. The first-order chi connectivity index (χ1) is 16.0. The predicted molar refractivity (Wildman–Crippen MR) is 119 cm³/mol. The van der Waals surface area contributed by atoms with Crippen molar-refractivity contribution in [3.63, 3.8) is 0 Å². The van der Waals surface area contributed by atoms with E-state index in [1.165, 1.54) is 11.2 Å². The lowest BCUT2D eigenvalue weighted by Gasteiger charge is -2.29. The van der Waals surface area contributed by atoms with Crippen molar-refractivity contribution in [3.8, 4) is 0 Å². The van der Waals surface area contributed by atoms with Crippen LogP contribution in [0.15, 0.2) is 41.0 Å². The molecule has 3 heterocycles. The third kappa shape index (κ3) is 3.94. The van der Waals surface area contributed by atoms with Crippen LogP contribution in [0.25, 0.3) is 0 Å². The molecule has 1 aromatic carbocycles. The number of nitrogens with zero attached hydrogens (tertiary/aromatic N) is 3. The molecule has 0 bridgehead atoms. The minimum absolute atomic E-state index is 0.0476. The van der Waals surface area contributed by atoms with Crippen LogP contribution in [-0.2, 0) is 0 Å². The molecule has 3 aliphatic rings. The average molecular weight is 450 g/mol. The maximum Gasteiger partial charge on any atom is 0.289 e. The van der Waals surface area contributed by atoms with Gasteiger partial charge in [0.15, 0.2) is 5.76 Å². The van der Waals surface area contributed by atoms with E-state index in [9.17, 15) is 19.2 Å². The number of hydrogen-bond acceptors (Lipinski definition) is 5. The lowest BCUT2D eigenvalue weighted by molar-refractivity contribution is 0.0548. The van der Waals surface area contributed by atoms with Gasteiger partial charge in [0.05, 0.1) is 17.4 Å². The summed E-state index contributed by atoms with van der Waals surface area (Å²) in [6, 6.07) is 8.07. The molecular formula is C25H27N3O5. The first-order valence-corrected chi connectivity index (χ1v) is 11.7. The van der Waals surface area contributed by atoms with Gasteiger partial charge in [-0.15, -0.1) is 0 Å². The Balaban J connectivity index is 1.29. The number of hydrogen-bond donors (Lipinski definition) is 0. The summed E-state index contributed by atoms with van der Waals surface area (Å²) in [5, 5.41) is 0. The van der Waals surface area contributed by atoms with Crippen molar-refractivity contribution in [1.29, 1.82) is 0 Å². The van der Waals surface area contributed by atoms with Crippen molar-refractivity contribution in [2.75, 3.05) is 26.2 Å². The molecule has 172 valence electrons. The minimum atomic E-state index is -0.289. The van der Waals surface area contributed by atoms with E-state index in [1.54, 1.807) is 40.1 Å². The van der Waals surface area contributed by atoms with E-state index in [1.807, 2.05) is 0 Å². The van der Waals surface area contributed by atoms with Gasteiger partial charge < -0.3 is 14.2 Å². The van der Waals surface area contributed by atoms with E-state index >= 15 is 0 Å². The van der Waals surface area contributed by atoms with Gasteiger partial charge in [0.1, 0.15) is 0 Å². The standard InChI is InChI=1S/C25H27N3O5/c29-22(26-11-5-12-27(14-13-26)25(32)21-8-4-15-33-21)17-9-10-19-20(16-17)24(31)28(23(19)30)18-6-2-1-3-7-18/h4,8-10,15-16,18H,1-3,5-7,11-14H2. The Kier molecular flexibility index (Phi) is 5.74. The van der Waals surface area contributed by atoms with Gasteiger partial charge in [0, 0.05) is 37.8 Å². The van der Waals surface area contributed by atoms with E-state index in [-0.39, 0.29) is 29.7 Å². The zero-order chi connectivity index (χ0) is 22.9. The summed E-state index contributed by atoms with van der Waals surface area (Å²) in [5.74, 6) is -0.621. The number of carbonyl (C=O) groups excluding carboxylic acids is 4. The Labute approximate surface area is 192 Å². The van der Waals surface area contributed by atoms with Gasteiger partial charge in [-0.25, -0.2) is 0 Å². The Bertz CT molecular complexity index is 1090. The van der Waals surface area contributed by atoms with Crippen LogP contribution >= 0.6 is 0 Å². The minimum Gasteiger partial charge on any atom is -0.459 e. The number of furan rings is 1. The molecule has 1 saturated carbocycles. The SMILES string of the molecule is O=C(c1ccc2c(c1)C(=O)N(C1CCCCC1)C2=O)N1CCCN(C(=O)c2ccco2)CC1. The van der Waals surface area contributed by atoms with Crippen LogP contribution in [0.1, 0.15) is 80.2 Å². The molecule has 5 rings (SSSR count). The van der Waals surface area contributed by atoms with E-state index in [4.69, 9.17) is 4.42 Å². The molecule has 1 saturated heterocycles. The molecule has 8 heteroatoms. The summed E-state index contributed by atoms with van der Waals surface area (Å²) >= 11 is 0. The highest BCUT2D eigenvalue weighted by Gasteiger charge is 2.40. The van der Waals surface area contributed by atoms with E-state index in [2.05, 4.69) is 0 Å². The van der Waals surface area contributed by atoms with Gasteiger partial charge in [0.2, 0.25) is 0 Å². The highest BCUT2D eigenvalue weighted by atomic mass is 16.3. The van der Waals surface area contributed by atoms with Crippen LogP contribution in [0, 0.1) is 0 Å². The number of fused-ring (bicyclic) bond motifs is 1. The zero-order valence-electron chi connectivity index (χ0n) is 18.5. The average Bonchev–Trinajstić information content (AvgIpc) is 3.38. The summed E-state index contributed by atoms with van der Waals surface area (Å²) in [7, 11) is 0. The fraction of sp³-hybridized carbons (Fsp3) is 0.440. The number of amides is 4. The summed E-state index contributed by atoms with van der Waals surface area (Å²) in [4.78, 5) is 56.6. The molecule has 2 aliphatic heterocycles. The van der Waals surface area contributed by atoms with Crippen molar-refractivity contribution < 1.29 is 23.6 Å². The van der Waals surface area contributed by atoms with Crippen molar-refractivity contribution in [3.05, 3.63) is 59.0 Å². The molecule has 33 heavy (non-hydrogen) atoms. The zero-order valence-corrected chi connectivity index (χ0v) is 18.5. The molecule has 0 N–H and O–H groups in total. The second-order valence-corrected chi connectivity index (χ2v) is 8.95. The number of carbonyl (C=O) groups is 4. The Morgan fingerprint density at radius 2 is 1.48 bits per heavy atom. The van der Waals surface area contributed by atoms with Crippen LogP contribution in [0.4, 0.5) is 0 Å². The third-order valence-corrected chi connectivity index (χ3v) is 6.91. The van der Waals surface area contributed by atoms with Gasteiger partial charge in [0.25, 0.3) is 23.6 Å². The van der Waals surface area contributed by atoms with Gasteiger partial charge >= 0.3 is 0 Å². The molecule has 0 spiro atoms. The molecule has 1 aliphatic carbocycles. The molecule has 4 amide bonds. The topological polar surface area (TPSA) is 91.1 Å². The highest BCUT2D eigenvalue weighted by Crippen LogP contribution is 2.31. The van der Waals surface area contributed by atoms with E-state index in [0.29, 0.717) is 55.1 Å². The van der Waals surface area contributed by atoms with Gasteiger partial charge in [-0.1, -0.05) is 19.3 Å². The second-order valence-electron chi connectivity index (χ2n) is 8.95. The maximum atomic E-state index is 13.2. The van der Waals surface area contributed by atoms with E-state index < -0.39 is 0 Å². The van der Waals surface area contributed by atoms with E-state index in [0.717, 1.165) is 32.1 Å². The molecule has 2 fully saturated rings. The van der Waals surface area contributed by atoms with Crippen LogP contribution in [0.2, 0.25) is 0 Å². The lowest BCUT2D eigenvalue weighted by atomic mass is 9.94. The van der Waals surface area contributed by atoms with Crippen LogP contribution < -0.4 is 0 Å². The molecule has 8 nitrogen and oxygen atoms in total. The Morgan fingerprint density at radius 3 is 2.18 bits per heavy atom. The quantitative estimate of drug-likeness (QED) is 0.671. The van der Waals surface area contributed by atoms with Crippen molar-refractivity contribution >= 4 is 23.6 Å². The summed E-state index contributed by atoms with van der Waals surface area (Å²) in [6.07, 6.45) is 6.99. The molecule has 2 aromatic rings. The Morgan fingerprint density at radius 1 is 0.788 bits per heavy atom. The molecule has 0 radical (unpaired) electrons. The largest absolute Gasteiger partial charge is 0.459 e. The Hall–Kier alpha value is -3.42. The molecule has 1 aromatic heterocycles. The monoisotopic (exact) mass is 449 g/mol. The normalized spacial score (nSPS) is 19.6. The van der Waals surface area contributed by atoms with Crippen molar-refractivity contribution in [1.82, 2.24) is 14.7 Å². The number of rotatable bonds is 3. The van der Waals surface area contributed by atoms with Crippen LogP contribution in [0.5, 0.6) is 0 Å². The van der Waals surface area contributed by atoms with Gasteiger partial charge in [-0.3, -0.25) is 24.1 Å². The summed E-state index contributed by atoms with van der Waals surface area (Å²) in [5.41, 5.74) is 1.10. The highest BCUT2D eigenvalue weighted by molar-refractivity contribution is 6.22. The lowest BCUT2D eigenvalue weighted by Crippen LogP contribution is -2.40. The first-order valence-electron chi connectivity index (χ1n) is 11.7. The molecular weight excluding hydrogens is 422 g/mol. The third-order valence-electron chi connectivity index (χ3n) is 6.91. The number of benzene rings is 1. The van der Waals surface area contributed by atoms with Crippen molar-refractivity contribution in [2.24, 2.45) is 0 Å². The van der Waals surface area contributed by atoms with Gasteiger partial charge in [-0.05, 0) is 49.6 Å². The molecule has 0 atom stereocenters. The van der Waals surface area contributed by atoms with Crippen molar-refractivity contribution in [2.45, 2.75) is 44.6 Å². The summed E-state index contributed by atoms with van der Waals surface area (Å²) < 4.78 is 5.21. The van der Waals surface area contributed by atoms with Crippen LogP contribution in [-0.4, -0.2) is 70.5 Å². The summed E-state index contributed by atoms with van der Waals surface area (Å²) in [6.45, 7) is 1.85. The maximum absolute atomic E-state index is 13.2. The molecule has 0 unspecified atom stereocenters. The fourth-order valence-corrected chi connectivity index (χ4v) is 5.13. The second kappa shape index (κ2) is 8.84. The first kappa shape index (κ1) is 21.4. The van der Waals surface area contributed by atoms with Crippen LogP contribution in [0.3, 0.4) is 0 Å². The number of imide groups is 1. The fourth-order valence-electron chi connectivity index (χ4n) is 5.13. The van der Waals surface area contributed by atoms with Gasteiger partial charge in [-0.2, -0.15) is 0 Å².